The highest BCUT2D eigenvalue weighted by atomic mass is 32.2. The van der Waals surface area contributed by atoms with Gasteiger partial charge in [0.15, 0.2) is 6.04 Å². The lowest BCUT2D eigenvalue weighted by atomic mass is 10.1. The van der Waals surface area contributed by atoms with Crippen LogP contribution in [0.5, 0.6) is 5.75 Å². The Hall–Kier alpha value is -1.94. The van der Waals surface area contributed by atoms with Crippen molar-refractivity contribution in [2.45, 2.75) is 55.2 Å². The van der Waals surface area contributed by atoms with Crippen LogP contribution < -0.4 is 15.4 Å². The number of thioether (sulfide) groups is 2. The van der Waals surface area contributed by atoms with E-state index < -0.39 is 23.6 Å². The van der Waals surface area contributed by atoms with Gasteiger partial charge in [0.05, 0.1) is 12.0 Å². The van der Waals surface area contributed by atoms with Crippen molar-refractivity contribution in [3.8, 4) is 23.7 Å². The van der Waals surface area contributed by atoms with Crippen LogP contribution >= 0.6 is 23.5 Å². The molecule has 1 aromatic carbocycles. The Morgan fingerprint density at radius 3 is 2.58 bits per heavy atom. The number of hydrogen-bond donors (Lipinski definition) is 2. The van der Waals surface area contributed by atoms with E-state index in [1.807, 2.05) is 6.26 Å². The van der Waals surface area contributed by atoms with Crippen molar-refractivity contribution in [1.82, 2.24) is 10.6 Å². The van der Waals surface area contributed by atoms with Crippen LogP contribution in [0.1, 0.15) is 32.6 Å². The quantitative estimate of drug-likeness (QED) is 0.315. The van der Waals surface area contributed by atoms with Crippen LogP contribution in [0.2, 0.25) is 0 Å². The summed E-state index contributed by atoms with van der Waals surface area (Å²) in [5, 5.41) is 14.9. The largest absolute Gasteiger partial charge is 0.431 e. The number of benzene rings is 1. The third kappa shape index (κ3) is 7.81. The van der Waals surface area contributed by atoms with E-state index in [1.54, 1.807) is 23.9 Å². The average Bonchev–Trinajstić information content (AvgIpc) is 3.72. The van der Waals surface area contributed by atoms with E-state index in [9.17, 15) is 18.8 Å². The van der Waals surface area contributed by atoms with Crippen molar-refractivity contribution < 1.29 is 18.3 Å². The maximum Gasteiger partial charge on any atom is 0.425 e. The molecule has 178 valence electrons. The second-order valence-corrected chi connectivity index (χ2v) is 10.4. The van der Waals surface area contributed by atoms with E-state index in [0.717, 1.165) is 10.6 Å². The fraction of sp³-hybridized carbons (Fsp3) is 0.583. The number of amides is 1. The van der Waals surface area contributed by atoms with Gasteiger partial charge < -0.3 is 10.1 Å². The highest BCUT2D eigenvalue weighted by Gasteiger charge is 2.46. The normalized spacial score (nSPS) is 18.3. The van der Waals surface area contributed by atoms with Crippen LogP contribution in [-0.2, 0) is 4.79 Å². The summed E-state index contributed by atoms with van der Waals surface area (Å²) in [6.07, 6.45) is 1.95. The summed E-state index contributed by atoms with van der Waals surface area (Å²) in [5.74, 6) is 6.35. The van der Waals surface area contributed by atoms with Crippen molar-refractivity contribution >= 4 is 29.4 Å². The first-order valence-electron chi connectivity index (χ1n) is 11.0. The Kier molecular flexibility index (Phi) is 8.92. The molecule has 3 rings (SSSR count). The van der Waals surface area contributed by atoms with Gasteiger partial charge >= 0.3 is 6.11 Å². The van der Waals surface area contributed by atoms with Crippen molar-refractivity contribution in [2.24, 2.45) is 11.8 Å². The van der Waals surface area contributed by atoms with Gasteiger partial charge in [0.1, 0.15) is 11.3 Å². The van der Waals surface area contributed by atoms with Gasteiger partial charge in [-0.3, -0.25) is 10.1 Å². The summed E-state index contributed by atoms with van der Waals surface area (Å²) in [6.45, 7) is 1.49. The van der Waals surface area contributed by atoms with Crippen molar-refractivity contribution in [3.63, 3.8) is 0 Å². The highest BCUT2D eigenvalue weighted by Crippen LogP contribution is 2.35. The SMILES string of the molecule is CC#CC(NCC(CSCC1CC1)C(=O)NC1(C#N)CC1)C(F)(F)Oc1ccc(SC)cc1. The topological polar surface area (TPSA) is 74.2 Å². The lowest BCUT2D eigenvalue weighted by Crippen LogP contribution is -2.51. The molecule has 1 amide bonds. The molecule has 0 aromatic heterocycles. The number of alkyl halides is 2. The second-order valence-electron chi connectivity index (χ2n) is 8.44. The van der Waals surface area contributed by atoms with Crippen molar-refractivity contribution in [2.75, 3.05) is 24.3 Å². The predicted molar refractivity (Wildman–Crippen MR) is 128 cm³/mol. The Morgan fingerprint density at radius 1 is 1.33 bits per heavy atom. The number of carbonyl (C=O) groups is 1. The minimum atomic E-state index is -3.60. The molecule has 2 atom stereocenters. The number of nitrogens with zero attached hydrogens (tertiary/aromatic N) is 1. The zero-order valence-corrected chi connectivity index (χ0v) is 20.5. The Labute approximate surface area is 202 Å². The molecule has 0 aliphatic heterocycles. The lowest BCUT2D eigenvalue weighted by Gasteiger charge is -2.26. The number of hydrogen-bond acceptors (Lipinski definition) is 6. The van der Waals surface area contributed by atoms with Gasteiger partial charge in [-0.2, -0.15) is 25.8 Å². The maximum atomic E-state index is 15.0. The molecule has 2 aliphatic rings. The lowest BCUT2D eigenvalue weighted by molar-refractivity contribution is -0.187. The maximum absolute atomic E-state index is 15.0. The predicted octanol–water partition coefficient (Wildman–Crippen LogP) is 4.29. The number of ether oxygens (including phenoxy) is 1. The first-order valence-corrected chi connectivity index (χ1v) is 13.4. The fourth-order valence-electron chi connectivity index (χ4n) is 3.13. The van der Waals surface area contributed by atoms with E-state index in [-0.39, 0.29) is 18.2 Å². The monoisotopic (exact) mass is 493 g/mol. The second kappa shape index (κ2) is 11.5. The minimum Gasteiger partial charge on any atom is -0.431 e. The van der Waals surface area contributed by atoms with E-state index >= 15 is 0 Å². The molecular formula is C24H29F2N3O2S2. The fourth-order valence-corrected chi connectivity index (χ4v) is 4.90. The molecular weight excluding hydrogens is 464 g/mol. The number of rotatable bonds is 13. The van der Waals surface area contributed by atoms with Gasteiger partial charge in [0.25, 0.3) is 0 Å². The van der Waals surface area contributed by atoms with Gasteiger partial charge in [-0.15, -0.1) is 17.7 Å². The van der Waals surface area contributed by atoms with Crippen LogP contribution in [0.25, 0.3) is 0 Å². The van der Waals surface area contributed by atoms with E-state index in [0.29, 0.717) is 24.5 Å². The first kappa shape index (κ1) is 25.7. The molecule has 9 heteroatoms. The van der Waals surface area contributed by atoms with Gasteiger partial charge in [0, 0.05) is 17.2 Å². The molecule has 5 nitrogen and oxygen atoms in total. The summed E-state index contributed by atoms with van der Waals surface area (Å²) in [6, 6.07) is 6.98. The summed E-state index contributed by atoms with van der Waals surface area (Å²) in [4.78, 5) is 13.8. The van der Waals surface area contributed by atoms with E-state index in [4.69, 9.17) is 4.74 Å². The molecule has 0 saturated heterocycles. The number of nitriles is 1. The number of carbonyl (C=O) groups excluding carboxylic acids is 1. The number of halogens is 2. The molecule has 0 bridgehead atoms. The van der Waals surface area contributed by atoms with Crippen LogP contribution in [0.15, 0.2) is 29.2 Å². The summed E-state index contributed by atoms with van der Waals surface area (Å²) >= 11 is 3.16. The Bertz CT molecular complexity index is 916. The molecule has 33 heavy (non-hydrogen) atoms. The molecule has 2 unspecified atom stereocenters. The van der Waals surface area contributed by atoms with Crippen LogP contribution in [0.3, 0.4) is 0 Å². The van der Waals surface area contributed by atoms with Gasteiger partial charge in [-0.05, 0) is 74.8 Å². The summed E-state index contributed by atoms with van der Waals surface area (Å²) in [7, 11) is 0. The smallest absolute Gasteiger partial charge is 0.425 e. The first-order chi connectivity index (χ1) is 15.8. The molecule has 0 spiro atoms. The molecule has 0 heterocycles. The zero-order valence-electron chi connectivity index (χ0n) is 18.8. The van der Waals surface area contributed by atoms with Crippen molar-refractivity contribution in [1.29, 1.82) is 5.26 Å². The van der Waals surface area contributed by atoms with Crippen LogP contribution in [0.4, 0.5) is 8.78 Å². The highest BCUT2D eigenvalue weighted by molar-refractivity contribution is 7.99. The van der Waals surface area contributed by atoms with Crippen LogP contribution in [0, 0.1) is 35.0 Å². The summed E-state index contributed by atoms with van der Waals surface area (Å²) in [5.41, 5.74) is -0.797. The van der Waals surface area contributed by atoms with Crippen LogP contribution in [-0.4, -0.2) is 47.9 Å². The van der Waals surface area contributed by atoms with Crippen molar-refractivity contribution in [3.05, 3.63) is 24.3 Å². The van der Waals surface area contributed by atoms with Gasteiger partial charge in [-0.25, -0.2) is 0 Å². The van der Waals surface area contributed by atoms with Gasteiger partial charge in [0.2, 0.25) is 5.91 Å². The molecule has 2 saturated carbocycles. The summed E-state index contributed by atoms with van der Waals surface area (Å²) < 4.78 is 34.9. The molecule has 2 aliphatic carbocycles. The number of nitrogens with one attached hydrogen (secondary N) is 2. The average molecular weight is 494 g/mol. The Balaban J connectivity index is 1.63. The zero-order chi connectivity index (χ0) is 23.9. The third-order valence-electron chi connectivity index (χ3n) is 5.57. The molecule has 1 aromatic rings. The minimum absolute atomic E-state index is 0.00865. The van der Waals surface area contributed by atoms with E-state index in [1.165, 1.54) is 43.7 Å². The molecule has 2 N–H and O–H groups in total. The standard InChI is InChI=1S/C24H29F2N3O2S2/c1-3-4-21(24(25,26)31-19-7-9-20(32-2)10-8-19)28-13-18(15-33-14-17-5-6-17)22(30)29-23(16-27)11-12-23/h7-10,17-18,21,28H,5-6,11-15H2,1-2H3,(H,29,30). The third-order valence-corrected chi connectivity index (χ3v) is 7.66. The molecule has 2 fully saturated rings. The molecule has 0 radical (unpaired) electrons. The Morgan fingerprint density at radius 2 is 2.03 bits per heavy atom. The van der Waals surface area contributed by atoms with E-state index in [2.05, 4.69) is 28.5 Å². The van der Waals surface area contributed by atoms with Gasteiger partial charge in [-0.1, -0.05) is 5.92 Å².